The normalized spacial score (nSPS) is 12.0. The van der Waals surface area contributed by atoms with Crippen LogP contribution >= 0.6 is 0 Å². The molecule has 2 aromatic rings. The molecule has 0 saturated carbocycles. The van der Waals surface area contributed by atoms with Gasteiger partial charge in [0, 0.05) is 44.6 Å². The average Bonchev–Trinajstić information content (AvgIpc) is 0.770. The van der Waals surface area contributed by atoms with Crippen molar-refractivity contribution in [3.63, 3.8) is 0 Å². The number of rotatable bonds is 42. The summed E-state index contributed by atoms with van der Waals surface area (Å²) in [6, 6.07) is 17.4. The predicted molar refractivity (Wildman–Crippen MR) is 510 cm³/mol. The molecule has 14 radical (unpaired) electrons. The first-order valence-corrected chi connectivity index (χ1v) is 42.5. The summed E-state index contributed by atoms with van der Waals surface area (Å²) in [7, 11) is 38.2. The summed E-state index contributed by atoms with van der Waals surface area (Å²) in [5, 5.41) is 0. The molecule has 0 heterocycles. The lowest BCUT2D eigenvalue weighted by atomic mass is 9.74. The summed E-state index contributed by atoms with van der Waals surface area (Å²) < 4.78 is 16.6. The van der Waals surface area contributed by atoms with Crippen LogP contribution in [0.15, 0.2) is 90.0 Å². The van der Waals surface area contributed by atoms with E-state index in [1.807, 2.05) is 96.1 Å². The fraction of sp³-hybridized carbons (Fsp3) is 0.653. The molecule has 0 N–H and O–H groups in total. The Kier molecular flexibility index (Phi) is 57.6. The highest BCUT2D eigenvalue weighted by Gasteiger charge is 2.45. The molecule has 20 nitrogen and oxygen atoms in total. The third-order valence-corrected chi connectivity index (χ3v) is 22.3. The van der Waals surface area contributed by atoms with Crippen molar-refractivity contribution in [2.75, 3.05) is 13.5 Å². The summed E-state index contributed by atoms with van der Waals surface area (Å²) >= 11 is 0. The SMILES string of the molecule is CC(=O)C(C)(C)C(=O)Cc1ccccc1.[B]CC.[B]CC(=O)CCC(C)=O.[B]CCC(=O)C(C)(C)C(=O)OC(C)(C)C(C)=O.[B]CCC(=O)C(C)(C)C(=O)OC(C)(C)C/C(C)=C(/C)CC(C)(C)C(=C)C.[B]CCC(=O)C(C)(C)C(=O)OC(C)(C)c1ccccc1C(C)(C)C(=C)C.[B]CCC(=O)C(C)(C)C(C)=O.[B]CN(C)C(=O)C(C)(C)CC(=O)C(C)(C)C(C)=O. The highest BCUT2D eigenvalue weighted by atomic mass is 16.6. The van der Waals surface area contributed by atoms with Crippen molar-refractivity contribution in [2.24, 2.45) is 43.3 Å². The standard InChI is InChI=1S/C22H31BO3.C22H37BO3.C13H22BNO3.C13H16O2.C12H19BO4.C8H13BO2.C6H9BO2.C2H5B/c1-15(2)20(3,4)16-11-9-10-12-17(16)22(7,8)26-19(25)21(5,6)18(24)13-14-23;1-15(2)20(5,6)13-16(3)17(4)14-21(7,8)26-19(25)22(9,10)18(24)11-12-23;1-9(16)13(4,5)10(17)7-12(2,3)11(18)15(6)8-14;1-10(14)13(2,3)12(15)9-11-7-5-4-6-8-11;1-8(14)12(4,5)17-10(16)11(2,3)9(15)6-7-13;1-6(10)8(2,3)7(11)4-5-9;1-5(8)2-3-6(9)4-7;1-2-3/h9-12H,1,13-14H2,2-8H3;1,11-14H2,2-10H3;7-8H2,1-6H3;4-8H,9H2,1-3H3;6-7H2,1-5H3;4-5H2,1-3H3;2-4H2,1H3;2H2,1H3/b;17-16-;;;;;;. The van der Waals surface area contributed by atoms with E-state index in [1.165, 1.54) is 78.4 Å². The minimum absolute atomic E-state index is 0.0267. The lowest BCUT2D eigenvalue weighted by molar-refractivity contribution is -0.173. The molecule has 0 aliphatic heterocycles. The van der Waals surface area contributed by atoms with Crippen LogP contribution < -0.4 is 0 Å². The molecule has 0 fully saturated rings. The molecular weight excluding hydrogens is 1570 g/mol. The Morgan fingerprint density at radius 3 is 1.02 bits per heavy atom. The molecule has 684 valence electrons. The van der Waals surface area contributed by atoms with Crippen LogP contribution in [0.1, 0.15) is 310 Å². The summed E-state index contributed by atoms with van der Waals surface area (Å²) in [6.45, 7) is 66.9. The van der Waals surface area contributed by atoms with Gasteiger partial charge in [0.2, 0.25) is 5.91 Å². The Morgan fingerprint density at radius 2 is 0.688 bits per heavy atom. The van der Waals surface area contributed by atoms with Gasteiger partial charge in [-0.3, -0.25) is 67.1 Å². The number of ketones is 12. The molecule has 0 bridgehead atoms. The van der Waals surface area contributed by atoms with E-state index < -0.39 is 72.6 Å². The van der Waals surface area contributed by atoms with Gasteiger partial charge in [-0.1, -0.05) is 170 Å². The van der Waals surface area contributed by atoms with Crippen molar-refractivity contribution in [3.05, 3.63) is 107 Å². The second-order valence-electron chi connectivity index (χ2n) is 38.4. The van der Waals surface area contributed by atoms with Gasteiger partial charge in [-0.15, -0.1) is 0 Å². The largest absolute Gasteiger partial charge is 0.459 e. The van der Waals surface area contributed by atoms with Crippen LogP contribution in [0.4, 0.5) is 0 Å². The molecule has 2 rings (SSSR count). The number of carbonyl (C=O) groups excluding carboxylic acids is 16. The van der Waals surface area contributed by atoms with Crippen molar-refractivity contribution in [1.82, 2.24) is 4.90 Å². The van der Waals surface area contributed by atoms with Crippen molar-refractivity contribution in [2.45, 2.75) is 360 Å². The van der Waals surface area contributed by atoms with E-state index in [9.17, 15) is 76.7 Å². The van der Waals surface area contributed by atoms with E-state index >= 15 is 0 Å². The van der Waals surface area contributed by atoms with Crippen LogP contribution in [0, 0.1) is 43.3 Å². The Morgan fingerprint density at radius 1 is 0.360 bits per heavy atom. The minimum atomic E-state index is -1.27. The smallest absolute Gasteiger partial charge is 0.320 e. The first-order valence-electron chi connectivity index (χ1n) is 42.5. The summed E-state index contributed by atoms with van der Waals surface area (Å²) in [5.74, 6) is -3.59. The Labute approximate surface area is 763 Å². The highest BCUT2D eigenvalue weighted by molar-refractivity contribution is 6.20. The quantitative estimate of drug-likeness (QED) is 0.0196. The number of Topliss-reactive ketones (excluding diaryl/α,β-unsaturated/α-hetero) is 12. The molecule has 0 spiro atoms. The number of ether oxygens (including phenoxy) is 3. The van der Waals surface area contributed by atoms with Crippen molar-refractivity contribution in [1.29, 1.82) is 0 Å². The second-order valence-corrected chi connectivity index (χ2v) is 38.4. The van der Waals surface area contributed by atoms with E-state index in [0.717, 1.165) is 40.6 Å². The van der Waals surface area contributed by atoms with E-state index in [-0.39, 0.29) is 150 Å². The van der Waals surface area contributed by atoms with Crippen molar-refractivity contribution < 1.29 is 90.9 Å². The zero-order valence-corrected chi connectivity index (χ0v) is 83.4. The monoisotopic (exact) mass is 1720 g/mol. The summed E-state index contributed by atoms with van der Waals surface area (Å²) in [6.07, 6.45) is 5.11. The first-order chi connectivity index (χ1) is 56.3. The lowest BCUT2D eigenvalue weighted by Gasteiger charge is -2.36. The van der Waals surface area contributed by atoms with Gasteiger partial charge in [0.1, 0.15) is 91.1 Å². The van der Waals surface area contributed by atoms with Crippen LogP contribution in [-0.4, -0.2) is 178 Å². The molecule has 27 heteroatoms. The van der Waals surface area contributed by atoms with Gasteiger partial charge in [0.25, 0.3) is 0 Å². The predicted octanol–water partition coefficient (Wildman–Crippen LogP) is 17.8. The number of esters is 3. The van der Waals surface area contributed by atoms with Gasteiger partial charge < -0.3 is 28.7 Å². The van der Waals surface area contributed by atoms with Gasteiger partial charge in [-0.05, 0) is 254 Å². The van der Waals surface area contributed by atoms with Gasteiger partial charge in [-0.25, -0.2) is 0 Å². The zero-order chi connectivity index (χ0) is 100. The van der Waals surface area contributed by atoms with E-state index in [1.54, 1.807) is 90.1 Å². The number of nitrogens with zero attached hydrogens (tertiary/aromatic N) is 1. The zero-order valence-electron chi connectivity index (χ0n) is 83.4. The average molecular weight is 1720 g/mol. The maximum Gasteiger partial charge on any atom is 0.320 e. The summed E-state index contributed by atoms with van der Waals surface area (Å²) in [5.41, 5.74) is -2.75. The fourth-order valence-corrected chi connectivity index (χ4v) is 10.2. The van der Waals surface area contributed by atoms with Crippen LogP contribution in [0.2, 0.25) is 37.9 Å². The van der Waals surface area contributed by atoms with E-state index in [0.29, 0.717) is 32.0 Å². The maximum absolute atomic E-state index is 12.8. The molecule has 1 amide bonds. The van der Waals surface area contributed by atoms with E-state index in [4.69, 9.17) is 69.1 Å². The Hall–Kier alpha value is -7.97. The molecule has 2 aromatic carbocycles. The maximum atomic E-state index is 12.8. The highest BCUT2D eigenvalue weighted by Crippen LogP contribution is 2.41. The first kappa shape index (κ1) is 128. The van der Waals surface area contributed by atoms with Gasteiger partial charge in [0.05, 0.1) is 76.6 Å². The van der Waals surface area contributed by atoms with Gasteiger partial charge in [-0.2, -0.15) is 0 Å². The number of benzene rings is 2. The molecule has 0 aliphatic rings. The van der Waals surface area contributed by atoms with Crippen LogP contribution in [0.5, 0.6) is 0 Å². The molecular formula is C98H152B7NO19. The Balaban J connectivity index is -0.000000337. The number of amides is 1. The lowest BCUT2D eigenvalue weighted by Crippen LogP contribution is -2.43. The van der Waals surface area contributed by atoms with Gasteiger partial charge in [0.15, 0.2) is 11.4 Å². The molecule has 0 aromatic heterocycles. The third-order valence-electron chi connectivity index (χ3n) is 22.3. The van der Waals surface area contributed by atoms with Crippen molar-refractivity contribution >= 4 is 148 Å². The van der Waals surface area contributed by atoms with Crippen LogP contribution in [0.25, 0.3) is 0 Å². The van der Waals surface area contributed by atoms with Gasteiger partial charge >= 0.3 is 17.9 Å². The van der Waals surface area contributed by atoms with Crippen molar-refractivity contribution in [3.8, 4) is 0 Å². The topological polar surface area (TPSA) is 304 Å². The van der Waals surface area contributed by atoms with Crippen LogP contribution in [0.3, 0.4) is 0 Å². The molecule has 0 saturated heterocycles. The third kappa shape index (κ3) is 45.5. The Bertz CT molecular complexity index is 4020. The van der Waals surface area contributed by atoms with Crippen LogP contribution in [-0.2, 0) is 108 Å². The molecule has 125 heavy (non-hydrogen) atoms. The van der Waals surface area contributed by atoms with E-state index in [2.05, 4.69) is 61.6 Å². The molecule has 0 atom stereocenters. The molecule has 0 aliphatic carbocycles. The fourth-order valence-electron chi connectivity index (χ4n) is 10.2. The second kappa shape index (κ2) is 56.4. The number of allylic oxidation sites excluding steroid dienone is 3. The summed E-state index contributed by atoms with van der Waals surface area (Å²) in [4.78, 5) is 187. The molecule has 0 unspecified atom stereocenters. The number of hydrogen-bond acceptors (Lipinski definition) is 19. The number of carbonyl (C=O) groups is 16. The minimum Gasteiger partial charge on any atom is -0.459 e. The number of hydrogen-bond donors (Lipinski definition) is 0.